The number of carbonyl (C=O) groups excluding carboxylic acids is 2. The van der Waals surface area contributed by atoms with Crippen LogP contribution >= 0.6 is 0 Å². The van der Waals surface area contributed by atoms with E-state index in [4.69, 9.17) is 18.9 Å². The van der Waals surface area contributed by atoms with Crippen LogP contribution in [0, 0.1) is 46.3 Å². The van der Waals surface area contributed by atoms with E-state index in [1.54, 1.807) is 0 Å². The van der Waals surface area contributed by atoms with Gasteiger partial charge in [-0.3, -0.25) is 9.59 Å². The fourth-order valence-electron chi connectivity index (χ4n) is 13.9. The molecule has 0 aromatic heterocycles. The number of unbranched alkanes of at least 4 members (excludes halogenated alkanes) is 12. The lowest BCUT2D eigenvalue weighted by Gasteiger charge is -2.58. The summed E-state index contributed by atoms with van der Waals surface area (Å²) in [5.41, 5.74) is 2.26. The van der Waals surface area contributed by atoms with Gasteiger partial charge in [0.05, 0.1) is 32.2 Å². The molecule has 5 unspecified atom stereocenters. The lowest BCUT2D eigenvalue weighted by molar-refractivity contribution is -0.156. The molecule has 0 N–H and O–H groups in total. The van der Waals surface area contributed by atoms with Crippen molar-refractivity contribution < 1.29 is 28.5 Å². The standard InChI is InChI=1S/C59H103NO6/c1-7-8-9-10-11-12-13-14-15-16-17-18-19-20-21-25-41-63-46-51(45-60-39-23-22-24-40-60)64-42-43-65-56(61)33-34-57(62)66-50-35-37-58(5)49(44-50)29-30-52-54-32-31-53(48(4)28-26-27-47(2)3)59(54,6)38-36-55(52)58/h14-15,29,47-48,50-55H,7-13,16-28,30-46H2,1-6H3/b15-14-/t48?,50-,51?,52?,53+,54-,55-,58?,59?/m0/s1. The molecule has 4 aliphatic carbocycles. The normalized spacial score (nSPS) is 28.7. The molecular formula is C59H103NO6. The van der Waals surface area contributed by atoms with Crippen LogP contribution in [0.4, 0.5) is 0 Å². The van der Waals surface area contributed by atoms with Crippen LogP contribution in [0.25, 0.3) is 0 Å². The Morgan fingerprint density at radius 3 is 2.17 bits per heavy atom. The number of hydrogen-bond acceptors (Lipinski definition) is 7. The number of allylic oxidation sites excluding steroid dienone is 3. The molecule has 5 aliphatic rings. The van der Waals surface area contributed by atoms with Crippen LogP contribution < -0.4 is 0 Å². The van der Waals surface area contributed by atoms with Gasteiger partial charge in [0, 0.05) is 19.6 Å². The van der Waals surface area contributed by atoms with Crippen LogP contribution in [0.1, 0.15) is 234 Å². The summed E-state index contributed by atoms with van der Waals surface area (Å²) in [4.78, 5) is 28.2. The second-order valence-electron chi connectivity index (χ2n) is 23.2. The summed E-state index contributed by atoms with van der Waals surface area (Å²) in [5, 5.41) is 0. The van der Waals surface area contributed by atoms with Gasteiger partial charge in [-0.25, -0.2) is 0 Å². The molecule has 7 heteroatoms. The number of esters is 2. The molecule has 0 amide bonds. The van der Waals surface area contributed by atoms with Gasteiger partial charge >= 0.3 is 11.9 Å². The van der Waals surface area contributed by atoms with E-state index in [1.165, 1.54) is 160 Å². The van der Waals surface area contributed by atoms with Crippen LogP contribution in [0.2, 0.25) is 0 Å². The highest BCUT2D eigenvalue weighted by atomic mass is 16.6. The predicted octanol–water partition coefficient (Wildman–Crippen LogP) is 15.2. The second kappa shape index (κ2) is 30.1. The summed E-state index contributed by atoms with van der Waals surface area (Å²) in [6.07, 6.45) is 43.2. The smallest absolute Gasteiger partial charge is 0.306 e. The van der Waals surface area contributed by atoms with Crippen molar-refractivity contribution in [1.29, 1.82) is 0 Å². The maximum atomic E-state index is 13.0. The summed E-state index contributed by atoms with van der Waals surface area (Å²) < 4.78 is 24.0. The Hall–Kier alpha value is -1.70. The third-order valence-corrected chi connectivity index (χ3v) is 17.8. The summed E-state index contributed by atoms with van der Waals surface area (Å²) >= 11 is 0. The molecule has 0 aromatic rings. The number of ether oxygens (including phenoxy) is 4. The molecule has 1 saturated heterocycles. The molecule has 4 fully saturated rings. The zero-order valence-corrected chi connectivity index (χ0v) is 43.9. The van der Waals surface area contributed by atoms with E-state index in [-0.39, 0.29) is 49.0 Å². The highest BCUT2D eigenvalue weighted by Gasteiger charge is 2.59. The van der Waals surface area contributed by atoms with Gasteiger partial charge in [0.15, 0.2) is 0 Å². The van der Waals surface area contributed by atoms with Gasteiger partial charge < -0.3 is 23.8 Å². The Morgan fingerprint density at radius 2 is 1.44 bits per heavy atom. The third kappa shape index (κ3) is 17.9. The van der Waals surface area contributed by atoms with E-state index in [0.29, 0.717) is 18.6 Å². The van der Waals surface area contributed by atoms with Gasteiger partial charge in [-0.1, -0.05) is 149 Å². The largest absolute Gasteiger partial charge is 0.463 e. The average molecular weight is 922 g/mol. The lowest BCUT2D eigenvalue weighted by atomic mass is 9.47. The zero-order valence-electron chi connectivity index (χ0n) is 43.9. The van der Waals surface area contributed by atoms with Crippen LogP contribution in [0.5, 0.6) is 0 Å². The minimum absolute atomic E-state index is 0.0418. The molecule has 7 nitrogen and oxygen atoms in total. The minimum Gasteiger partial charge on any atom is -0.463 e. The second-order valence-corrected chi connectivity index (χ2v) is 23.2. The van der Waals surface area contributed by atoms with Gasteiger partial charge in [0.2, 0.25) is 0 Å². The maximum Gasteiger partial charge on any atom is 0.306 e. The van der Waals surface area contributed by atoms with Crippen molar-refractivity contribution in [3.05, 3.63) is 23.8 Å². The number of likely N-dealkylation sites (tertiary alicyclic amines) is 1. The summed E-state index contributed by atoms with van der Waals surface area (Å²) in [5.74, 6) is 4.28. The fraction of sp³-hybridized carbons (Fsp3) is 0.898. The molecule has 1 aliphatic heterocycles. The molecule has 5 rings (SSSR count). The zero-order chi connectivity index (χ0) is 47.0. The first kappa shape index (κ1) is 55.2. The van der Waals surface area contributed by atoms with Crippen molar-refractivity contribution in [2.45, 2.75) is 246 Å². The maximum absolute atomic E-state index is 13.0. The van der Waals surface area contributed by atoms with Gasteiger partial charge in [0.25, 0.3) is 0 Å². The number of rotatable bonds is 33. The number of nitrogens with zero attached hydrogens (tertiary/aromatic N) is 1. The molecule has 66 heavy (non-hydrogen) atoms. The van der Waals surface area contributed by atoms with Gasteiger partial charge in [-0.05, 0) is 149 Å². The van der Waals surface area contributed by atoms with Gasteiger partial charge in [0.1, 0.15) is 12.7 Å². The summed E-state index contributed by atoms with van der Waals surface area (Å²) in [7, 11) is 0. The monoisotopic (exact) mass is 922 g/mol. The summed E-state index contributed by atoms with van der Waals surface area (Å²) in [6, 6.07) is 0. The highest BCUT2D eigenvalue weighted by Crippen LogP contribution is 2.67. The minimum atomic E-state index is -0.361. The van der Waals surface area contributed by atoms with E-state index in [1.807, 2.05) is 0 Å². The molecule has 9 atom stereocenters. The van der Waals surface area contributed by atoms with E-state index >= 15 is 0 Å². The Bertz CT molecular complexity index is 1420. The first-order valence-corrected chi connectivity index (χ1v) is 28.6. The lowest BCUT2D eigenvalue weighted by Crippen LogP contribution is -2.51. The topological polar surface area (TPSA) is 74.3 Å². The Balaban J connectivity index is 0.919. The van der Waals surface area contributed by atoms with Crippen LogP contribution in [-0.2, 0) is 28.5 Å². The average Bonchev–Trinajstić information content (AvgIpc) is 3.67. The molecule has 0 radical (unpaired) electrons. The van der Waals surface area contributed by atoms with Gasteiger partial charge in [-0.15, -0.1) is 0 Å². The van der Waals surface area contributed by atoms with Crippen LogP contribution in [-0.4, -0.2) is 75.1 Å². The van der Waals surface area contributed by atoms with Crippen molar-refractivity contribution in [3.63, 3.8) is 0 Å². The fourth-order valence-corrected chi connectivity index (χ4v) is 13.9. The Labute approximate surface area is 406 Å². The van der Waals surface area contributed by atoms with E-state index in [2.05, 4.69) is 64.7 Å². The Kier molecular flexibility index (Phi) is 25.2. The molecule has 1 heterocycles. The van der Waals surface area contributed by atoms with Crippen molar-refractivity contribution in [3.8, 4) is 0 Å². The number of fused-ring (bicyclic) bond motifs is 5. The SMILES string of the molecule is CCCCCCCC/C=C\CCCCCCCCOCC(CN1CCCCC1)OCCOC(=O)CCC(=O)O[C@H]1CCC2(C)C(=CCC3[C@@H]2CCC2(C)[C@@H](C(C)CCCC(C)C)CC[C@@H]32)C1. The van der Waals surface area contributed by atoms with Crippen LogP contribution in [0.15, 0.2) is 23.8 Å². The highest BCUT2D eigenvalue weighted by molar-refractivity contribution is 5.77. The van der Waals surface area contributed by atoms with Crippen LogP contribution in [0.3, 0.4) is 0 Å². The predicted molar refractivity (Wildman–Crippen MR) is 273 cm³/mol. The van der Waals surface area contributed by atoms with Crippen molar-refractivity contribution in [2.24, 2.45) is 46.3 Å². The number of piperidine rings is 1. The van der Waals surface area contributed by atoms with E-state index in [0.717, 1.165) is 87.4 Å². The van der Waals surface area contributed by atoms with Crippen molar-refractivity contribution in [1.82, 2.24) is 4.90 Å². The molecule has 0 aromatic carbocycles. The number of carbonyl (C=O) groups is 2. The van der Waals surface area contributed by atoms with E-state index in [9.17, 15) is 9.59 Å². The quantitative estimate of drug-likeness (QED) is 0.0369. The number of hydrogen-bond donors (Lipinski definition) is 0. The van der Waals surface area contributed by atoms with Crippen molar-refractivity contribution in [2.75, 3.05) is 46.1 Å². The molecule has 3 saturated carbocycles. The third-order valence-electron chi connectivity index (χ3n) is 17.8. The Morgan fingerprint density at radius 1 is 0.742 bits per heavy atom. The molecule has 380 valence electrons. The van der Waals surface area contributed by atoms with E-state index < -0.39 is 0 Å². The first-order chi connectivity index (χ1) is 32.0. The molecular weight excluding hydrogens is 819 g/mol. The van der Waals surface area contributed by atoms with Crippen molar-refractivity contribution >= 4 is 11.9 Å². The first-order valence-electron chi connectivity index (χ1n) is 28.6. The molecule has 0 spiro atoms. The van der Waals surface area contributed by atoms with Gasteiger partial charge in [-0.2, -0.15) is 0 Å². The summed E-state index contributed by atoms with van der Waals surface area (Å²) in [6.45, 7) is 19.7. The molecule has 0 bridgehead atoms.